The van der Waals surface area contributed by atoms with Gasteiger partial charge in [0.25, 0.3) is 11.6 Å². The van der Waals surface area contributed by atoms with Crippen molar-refractivity contribution in [1.29, 1.82) is 0 Å². The van der Waals surface area contributed by atoms with E-state index in [1.54, 1.807) is 19.1 Å². The number of aryl methyl sites for hydroxylation is 1. The summed E-state index contributed by atoms with van der Waals surface area (Å²) in [7, 11) is 0. The molecule has 28 heavy (non-hydrogen) atoms. The van der Waals surface area contributed by atoms with Crippen LogP contribution in [0.2, 0.25) is 0 Å². The fourth-order valence-electron chi connectivity index (χ4n) is 3.47. The Morgan fingerprint density at radius 2 is 2.11 bits per heavy atom. The minimum absolute atomic E-state index is 0. The van der Waals surface area contributed by atoms with E-state index in [1.165, 1.54) is 12.3 Å². The highest BCUT2D eigenvalue weighted by Gasteiger charge is 2.29. The van der Waals surface area contributed by atoms with Gasteiger partial charge in [-0.3, -0.25) is 4.79 Å². The molecule has 3 aromatic rings. The van der Waals surface area contributed by atoms with Gasteiger partial charge in [-0.15, -0.1) is 12.4 Å². The summed E-state index contributed by atoms with van der Waals surface area (Å²) in [5.74, 6) is -2.16. The summed E-state index contributed by atoms with van der Waals surface area (Å²) >= 11 is 0. The van der Waals surface area contributed by atoms with Crippen molar-refractivity contribution in [3.05, 3.63) is 58.9 Å². The molecule has 9 heteroatoms. The maximum atomic E-state index is 13.6. The fraction of sp³-hybridized carbons (Fsp3) is 0.316. The summed E-state index contributed by atoms with van der Waals surface area (Å²) in [4.78, 5) is 16.8. The molecule has 6 nitrogen and oxygen atoms in total. The molecular formula is C19H19ClF2N4O2. The number of hydrogen-bond acceptors (Lipinski definition) is 5. The number of aromatic nitrogens is 2. The quantitative estimate of drug-likeness (QED) is 0.696. The molecule has 0 radical (unpaired) electrons. The van der Waals surface area contributed by atoms with E-state index in [9.17, 15) is 13.6 Å². The van der Waals surface area contributed by atoms with Crippen LogP contribution in [0.1, 0.15) is 34.0 Å². The molecule has 1 aliphatic heterocycles. The summed E-state index contributed by atoms with van der Waals surface area (Å²) in [6.07, 6.45) is 2.14. The molecule has 4 rings (SSSR count). The number of benzene rings is 1. The molecule has 1 aliphatic rings. The number of piperidine rings is 1. The summed E-state index contributed by atoms with van der Waals surface area (Å²) in [5.41, 5.74) is 2.10. The van der Waals surface area contributed by atoms with Crippen LogP contribution in [0.5, 0.6) is 0 Å². The van der Waals surface area contributed by atoms with Gasteiger partial charge in [0, 0.05) is 24.7 Å². The first-order valence-electron chi connectivity index (χ1n) is 8.71. The Hall–Kier alpha value is -2.58. The van der Waals surface area contributed by atoms with E-state index in [1.807, 2.05) is 0 Å². The molecule has 1 fully saturated rings. The van der Waals surface area contributed by atoms with Gasteiger partial charge in [0.1, 0.15) is 0 Å². The van der Waals surface area contributed by atoms with Crippen molar-refractivity contribution in [3.8, 4) is 0 Å². The number of carbonyl (C=O) groups is 1. The average molecular weight is 409 g/mol. The van der Waals surface area contributed by atoms with Crippen molar-refractivity contribution in [2.24, 2.45) is 0 Å². The second-order valence-corrected chi connectivity index (χ2v) is 6.70. The van der Waals surface area contributed by atoms with Crippen LogP contribution in [-0.4, -0.2) is 35.2 Å². The SMILES string of the molecule is Cc1noc2ncc(C(=O)NC3CNCCC3c3ccc(F)c(F)c3)cc12.Cl. The highest BCUT2D eigenvalue weighted by atomic mass is 35.5. The second-order valence-electron chi connectivity index (χ2n) is 6.70. The van der Waals surface area contributed by atoms with Crippen LogP contribution in [0.4, 0.5) is 8.78 Å². The van der Waals surface area contributed by atoms with Gasteiger partial charge in [-0.25, -0.2) is 13.8 Å². The van der Waals surface area contributed by atoms with Crippen LogP contribution in [0.3, 0.4) is 0 Å². The Morgan fingerprint density at radius 3 is 2.89 bits per heavy atom. The molecular weight excluding hydrogens is 390 g/mol. The summed E-state index contributed by atoms with van der Waals surface area (Å²) in [5, 5.41) is 10.7. The zero-order valence-electron chi connectivity index (χ0n) is 15.0. The maximum Gasteiger partial charge on any atom is 0.257 e. The molecule has 1 saturated heterocycles. The van der Waals surface area contributed by atoms with E-state index < -0.39 is 11.6 Å². The molecule has 2 N–H and O–H groups in total. The van der Waals surface area contributed by atoms with E-state index in [4.69, 9.17) is 4.52 Å². The number of rotatable bonds is 3. The van der Waals surface area contributed by atoms with Gasteiger partial charge in [0.15, 0.2) is 11.6 Å². The number of nitrogens with zero attached hydrogens (tertiary/aromatic N) is 2. The lowest BCUT2D eigenvalue weighted by atomic mass is 9.86. The van der Waals surface area contributed by atoms with Gasteiger partial charge in [0.05, 0.1) is 16.6 Å². The third kappa shape index (κ3) is 3.83. The van der Waals surface area contributed by atoms with Crippen molar-refractivity contribution in [3.63, 3.8) is 0 Å². The van der Waals surface area contributed by atoms with Gasteiger partial charge in [-0.2, -0.15) is 0 Å². The first-order chi connectivity index (χ1) is 13.0. The smallest absolute Gasteiger partial charge is 0.257 e. The van der Waals surface area contributed by atoms with Crippen LogP contribution in [0, 0.1) is 18.6 Å². The first-order valence-corrected chi connectivity index (χ1v) is 8.71. The number of nitrogens with one attached hydrogen (secondary N) is 2. The fourth-order valence-corrected chi connectivity index (χ4v) is 3.47. The van der Waals surface area contributed by atoms with Crippen LogP contribution < -0.4 is 10.6 Å². The molecule has 0 saturated carbocycles. The largest absolute Gasteiger partial charge is 0.347 e. The van der Waals surface area contributed by atoms with E-state index in [0.717, 1.165) is 12.6 Å². The lowest BCUT2D eigenvalue weighted by Crippen LogP contribution is -2.50. The zero-order valence-corrected chi connectivity index (χ0v) is 15.9. The Bertz CT molecular complexity index is 1010. The Balaban J connectivity index is 0.00000225. The van der Waals surface area contributed by atoms with Crippen molar-refractivity contribution in [2.45, 2.75) is 25.3 Å². The third-order valence-corrected chi connectivity index (χ3v) is 4.94. The maximum absolute atomic E-state index is 13.6. The van der Waals surface area contributed by atoms with E-state index in [-0.39, 0.29) is 30.3 Å². The van der Waals surface area contributed by atoms with E-state index in [2.05, 4.69) is 20.8 Å². The highest BCUT2D eigenvalue weighted by molar-refractivity contribution is 5.97. The van der Waals surface area contributed by atoms with Crippen molar-refractivity contribution in [1.82, 2.24) is 20.8 Å². The second kappa shape index (κ2) is 8.20. The lowest BCUT2D eigenvalue weighted by Gasteiger charge is -2.33. The first kappa shape index (κ1) is 20.2. The number of carbonyl (C=O) groups excluding carboxylic acids is 1. The third-order valence-electron chi connectivity index (χ3n) is 4.94. The van der Waals surface area contributed by atoms with Gasteiger partial charge in [-0.05, 0) is 43.7 Å². The Morgan fingerprint density at radius 1 is 1.29 bits per heavy atom. The average Bonchev–Trinajstić information content (AvgIpc) is 3.05. The summed E-state index contributed by atoms with van der Waals surface area (Å²) in [6, 6.07) is 5.33. The number of halogens is 3. The van der Waals surface area contributed by atoms with Crippen LogP contribution >= 0.6 is 12.4 Å². The molecule has 1 amide bonds. The Kier molecular flexibility index (Phi) is 5.90. The molecule has 148 valence electrons. The normalized spacial score (nSPS) is 19.2. The van der Waals surface area contributed by atoms with Gasteiger partial charge < -0.3 is 15.2 Å². The Labute approximate surface area is 166 Å². The molecule has 2 atom stereocenters. The molecule has 0 aliphatic carbocycles. The highest BCUT2D eigenvalue weighted by Crippen LogP contribution is 2.27. The molecule has 2 unspecified atom stereocenters. The number of hydrogen-bond donors (Lipinski definition) is 2. The topological polar surface area (TPSA) is 80.0 Å². The number of pyridine rings is 1. The monoisotopic (exact) mass is 408 g/mol. The molecule has 1 aromatic carbocycles. The predicted octanol–water partition coefficient (Wildman–Crippen LogP) is 3.11. The van der Waals surface area contributed by atoms with Gasteiger partial charge >= 0.3 is 0 Å². The summed E-state index contributed by atoms with van der Waals surface area (Å²) in [6.45, 7) is 3.06. The van der Waals surface area contributed by atoms with E-state index in [0.29, 0.717) is 40.9 Å². The van der Waals surface area contributed by atoms with Crippen molar-refractivity contribution in [2.75, 3.05) is 13.1 Å². The number of fused-ring (bicyclic) bond motifs is 1. The van der Waals surface area contributed by atoms with Crippen LogP contribution in [0.15, 0.2) is 35.0 Å². The molecule has 0 spiro atoms. The zero-order chi connectivity index (χ0) is 19.0. The van der Waals surface area contributed by atoms with E-state index >= 15 is 0 Å². The predicted molar refractivity (Wildman–Crippen MR) is 102 cm³/mol. The van der Waals surface area contributed by atoms with Crippen molar-refractivity contribution >= 4 is 29.4 Å². The van der Waals surface area contributed by atoms with Crippen LogP contribution in [-0.2, 0) is 0 Å². The number of amides is 1. The molecule has 2 aromatic heterocycles. The van der Waals surface area contributed by atoms with Gasteiger partial charge in [0.2, 0.25) is 0 Å². The van der Waals surface area contributed by atoms with Crippen LogP contribution in [0.25, 0.3) is 11.1 Å². The minimum Gasteiger partial charge on any atom is -0.347 e. The minimum atomic E-state index is -0.881. The molecule has 3 heterocycles. The standard InChI is InChI=1S/C19H18F2N4O2.ClH/c1-10-14-6-12(8-23-19(14)27-25-10)18(26)24-17-9-22-5-4-13(17)11-2-3-15(20)16(21)7-11;/h2-3,6-8,13,17,22H,4-5,9H2,1H3,(H,24,26);1H. The lowest BCUT2D eigenvalue weighted by molar-refractivity contribution is 0.0924. The summed E-state index contributed by atoms with van der Waals surface area (Å²) < 4.78 is 32.0. The van der Waals surface area contributed by atoms with Gasteiger partial charge in [-0.1, -0.05) is 11.2 Å². The molecule has 0 bridgehead atoms. The van der Waals surface area contributed by atoms with Crippen molar-refractivity contribution < 1.29 is 18.1 Å².